The monoisotopic (exact) mass is 402 g/mol. The average Bonchev–Trinajstić information content (AvgIpc) is 2.80. The molecular formula is C18H18ClF3N2O3. The molecule has 0 unspecified atom stereocenters. The summed E-state index contributed by atoms with van der Waals surface area (Å²) < 4.78 is 38.4. The molecule has 2 fully saturated rings. The highest BCUT2D eigenvalue weighted by molar-refractivity contribution is 6.33. The standard InChI is InChI=1S/C18H18ClF3N2O3/c19-12-5-4-11(18(20,21)22)8-13(12)23-14(25)10-24-15(26)9-17(16(24)27)6-2-1-3-7-17/h4-5,8H,1-3,6-7,9-10H2,(H,23,25). The number of hydrogen-bond donors (Lipinski definition) is 1. The molecule has 1 aliphatic heterocycles. The van der Waals surface area contributed by atoms with Gasteiger partial charge in [0, 0.05) is 6.42 Å². The van der Waals surface area contributed by atoms with E-state index in [0.717, 1.165) is 42.4 Å². The average molecular weight is 403 g/mol. The maximum absolute atomic E-state index is 12.8. The summed E-state index contributed by atoms with van der Waals surface area (Å²) >= 11 is 5.85. The van der Waals surface area contributed by atoms with E-state index in [2.05, 4.69) is 5.32 Å². The second-order valence-electron chi connectivity index (χ2n) is 7.04. The fraction of sp³-hybridized carbons (Fsp3) is 0.500. The van der Waals surface area contributed by atoms with Gasteiger partial charge < -0.3 is 5.32 Å². The van der Waals surface area contributed by atoms with Crippen molar-refractivity contribution in [3.8, 4) is 0 Å². The van der Waals surface area contributed by atoms with Crippen LogP contribution in [-0.4, -0.2) is 29.2 Å². The van der Waals surface area contributed by atoms with Crippen molar-refractivity contribution in [2.45, 2.75) is 44.7 Å². The molecular weight excluding hydrogens is 385 g/mol. The zero-order valence-electron chi connectivity index (χ0n) is 14.4. The summed E-state index contributed by atoms with van der Waals surface area (Å²) in [6.45, 7) is -0.536. The Morgan fingerprint density at radius 1 is 1.19 bits per heavy atom. The number of likely N-dealkylation sites (tertiary alicyclic amines) is 1. The van der Waals surface area contributed by atoms with E-state index in [1.54, 1.807) is 0 Å². The van der Waals surface area contributed by atoms with E-state index in [4.69, 9.17) is 11.6 Å². The summed E-state index contributed by atoms with van der Waals surface area (Å²) in [4.78, 5) is 38.1. The van der Waals surface area contributed by atoms with Gasteiger partial charge in [0.25, 0.3) is 0 Å². The van der Waals surface area contributed by atoms with Gasteiger partial charge in [-0.25, -0.2) is 0 Å². The van der Waals surface area contributed by atoms with E-state index in [0.29, 0.717) is 12.8 Å². The highest BCUT2D eigenvalue weighted by atomic mass is 35.5. The number of hydrogen-bond acceptors (Lipinski definition) is 3. The van der Waals surface area contributed by atoms with E-state index < -0.39 is 35.5 Å². The smallest absolute Gasteiger partial charge is 0.323 e. The molecule has 1 saturated heterocycles. The van der Waals surface area contributed by atoms with Crippen LogP contribution in [0.2, 0.25) is 5.02 Å². The van der Waals surface area contributed by atoms with Crippen LogP contribution < -0.4 is 5.32 Å². The summed E-state index contributed by atoms with van der Waals surface area (Å²) in [5, 5.41) is 2.19. The number of carbonyl (C=O) groups excluding carboxylic acids is 3. The van der Waals surface area contributed by atoms with Crippen LogP contribution in [0.1, 0.15) is 44.1 Å². The molecule has 3 amide bonds. The first-order valence-corrected chi connectivity index (χ1v) is 9.02. The van der Waals surface area contributed by atoms with Gasteiger partial charge in [0.1, 0.15) is 6.54 Å². The van der Waals surface area contributed by atoms with Gasteiger partial charge in [-0.15, -0.1) is 0 Å². The van der Waals surface area contributed by atoms with Crippen molar-refractivity contribution in [1.29, 1.82) is 0 Å². The van der Waals surface area contributed by atoms with Gasteiger partial charge in [0.05, 0.1) is 21.7 Å². The molecule has 5 nitrogen and oxygen atoms in total. The molecule has 1 aromatic rings. The lowest BCUT2D eigenvalue weighted by molar-refractivity contribution is -0.144. The number of imide groups is 1. The first-order valence-electron chi connectivity index (χ1n) is 8.64. The van der Waals surface area contributed by atoms with Crippen LogP contribution in [0.15, 0.2) is 18.2 Å². The lowest BCUT2D eigenvalue weighted by atomic mass is 9.73. The molecule has 0 atom stereocenters. The predicted octanol–water partition coefficient (Wildman–Crippen LogP) is 4.01. The number of carbonyl (C=O) groups is 3. The maximum Gasteiger partial charge on any atom is 0.416 e. The molecule has 3 rings (SSSR count). The normalized spacial score (nSPS) is 19.6. The summed E-state index contributed by atoms with van der Waals surface area (Å²) in [6.07, 6.45) is -0.526. The van der Waals surface area contributed by atoms with Crippen LogP contribution in [0.25, 0.3) is 0 Å². The molecule has 1 spiro atoms. The predicted molar refractivity (Wildman–Crippen MR) is 91.9 cm³/mol. The van der Waals surface area contributed by atoms with E-state index in [1.165, 1.54) is 0 Å². The van der Waals surface area contributed by atoms with Crippen molar-refractivity contribution in [1.82, 2.24) is 4.90 Å². The van der Waals surface area contributed by atoms with Crippen molar-refractivity contribution in [2.75, 3.05) is 11.9 Å². The molecule has 27 heavy (non-hydrogen) atoms. The second kappa shape index (κ2) is 7.14. The summed E-state index contributed by atoms with van der Waals surface area (Å²) in [6, 6.07) is 2.55. The third-order valence-electron chi connectivity index (χ3n) is 5.17. The molecule has 0 radical (unpaired) electrons. The van der Waals surface area contributed by atoms with Gasteiger partial charge in [-0.05, 0) is 31.0 Å². The molecule has 1 N–H and O–H groups in total. The molecule has 0 bridgehead atoms. The topological polar surface area (TPSA) is 66.5 Å². The second-order valence-corrected chi connectivity index (χ2v) is 7.45. The Hall–Kier alpha value is -2.09. The Bertz CT molecular complexity index is 789. The number of halogens is 4. The molecule has 1 aliphatic carbocycles. The van der Waals surface area contributed by atoms with Crippen LogP contribution in [-0.2, 0) is 20.6 Å². The van der Waals surface area contributed by atoms with Gasteiger partial charge in [0.2, 0.25) is 17.7 Å². The van der Waals surface area contributed by atoms with E-state index in [1.807, 2.05) is 0 Å². The van der Waals surface area contributed by atoms with Gasteiger partial charge in [-0.1, -0.05) is 30.9 Å². The minimum absolute atomic E-state index is 0.0702. The van der Waals surface area contributed by atoms with Gasteiger partial charge in [-0.3, -0.25) is 19.3 Å². The first-order chi connectivity index (χ1) is 12.6. The quantitative estimate of drug-likeness (QED) is 0.777. The first kappa shape index (κ1) is 19.7. The van der Waals surface area contributed by atoms with Gasteiger partial charge >= 0.3 is 6.18 Å². The highest BCUT2D eigenvalue weighted by Crippen LogP contribution is 2.45. The van der Waals surface area contributed by atoms with Crippen LogP contribution in [0.3, 0.4) is 0 Å². The number of amides is 3. The number of nitrogens with one attached hydrogen (secondary N) is 1. The highest BCUT2D eigenvalue weighted by Gasteiger charge is 2.51. The van der Waals surface area contributed by atoms with Crippen molar-refractivity contribution in [3.63, 3.8) is 0 Å². The minimum Gasteiger partial charge on any atom is -0.323 e. The summed E-state index contributed by atoms with van der Waals surface area (Å²) in [7, 11) is 0. The third kappa shape index (κ3) is 3.95. The van der Waals surface area contributed by atoms with Crippen LogP contribution in [0.5, 0.6) is 0 Å². The Labute approximate surface area is 158 Å². The summed E-state index contributed by atoms with van der Waals surface area (Å²) in [5.41, 5.74) is -1.90. The number of nitrogens with zero attached hydrogens (tertiary/aromatic N) is 1. The van der Waals surface area contributed by atoms with Gasteiger partial charge in [-0.2, -0.15) is 13.2 Å². The Kier molecular flexibility index (Phi) is 5.20. The largest absolute Gasteiger partial charge is 0.416 e. The van der Waals surface area contributed by atoms with Crippen LogP contribution in [0, 0.1) is 5.41 Å². The fourth-order valence-corrected chi connectivity index (χ4v) is 3.93. The number of alkyl halides is 3. The third-order valence-corrected chi connectivity index (χ3v) is 5.50. The molecule has 146 valence electrons. The Morgan fingerprint density at radius 3 is 2.48 bits per heavy atom. The van der Waals surface area contributed by atoms with Crippen molar-refractivity contribution < 1.29 is 27.6 Å². The van der Waals surface area contributed by atoms with Gasteiger partial charge in [0.15, 0.2) is 0 Å². The lowest BCUT2D eigenvalue weighted by Gasteiger charge is -2.30. The summed E-state index contributed by atoms with van der Waals surface area (Å²) in [5.74, 6) is -1.56. The Morgan fingerprint density at radius 2 is 1.85 bits per heavy atom. The molecule has 2 aliphatic rings. The zero-order chi connectivity index (χ0) is 19.8. The van der Waals surface area contributed by atoms with Crippen molar-refractivity contribution >= 4 is 35.0 Å². The van der Waals surface area contributed by atoms with E-state index in [-0.39, 0.29) is 23.0 Å². The maximum atomic E-state index is 12.8. The zero-order valence-corrected chi connectivity index (χ0v) is 15.1. The molecule has 0 aromatic heterocycles. The minimum atomic E-state index is -4.59. The van der Waals surface area contributed by atoms with Crippen LogP contribution in [0.4, 0.5) is 18.9 Å². The number of benzene rings is 1. The van der Waals surface area contributed by atoms with Crippen LogP contribution >= 0.6 is 11.6 Å². The molecule has 9 heteroatoms. The fourth-order valence-electron chi connectivity index (χ4n) is 3.77. The molecule has 1 saturated carbocycles. The lowest BCUT2D eigenvalue weighted by Crippen LogP contribution is -2.41. The Balaban J connectivity index is 1.71. The number of anilines is 1. The van der Waals surface area contributed by atoms with Crippen molar-refractivity contribution in [2.24, 2.45) is 5.41 Å². The van der Waals surface area contributed by atoms with Crippen molar-refractivity contribution in [3.05, 3.63) is 28.8 Å². The SMILES string of the molecule is O=C(CN1C(=O)CC2(CCCCC2)C1=O)Nc1cc(C(F)(F)F)ccc1Cl. The molecule has 1 aromatic carbocycles. The molecule has 1 heterocycles. The number of rotatable bonds is 3. The van der Waals surface area contributed by atoms with E-state index >= 15 is 0 Å². The van der Waals surface area contributed by atoms with E-state index in [9.17, 15) is 27.6 Å².